The van der Waals surface area contributed by atoms with Gasteiger partial charge in [-0.25, -0.2) is 0 Å². The van der Waals surface area contributed by atoms with Gasteiger partial charge in [-0.15, -0.1) is 0 Å². The van der Waals surface area contributed by atoms with Crippen LogP contribution in [0.25, 0.3) is 0 Å². The molecule has 16 N–H and O–H groups in total. The molecule has 29 heteroatoms. The van der Waals surface area contributed by atoms with Crippen LogP contribution in [0.5, 0.6) is 0 Å². The molecular formula is C63H100O29. The first-order valence-electron chi connectivity index (χ1n) is 32.7. The van der Waals surface area contributed by atoms with Crippen LogP contribution in [-0.2, 0) is 61.6 Å². The molecule has 526 valence electrons. The monoisotopic (exact) mass is 1320 g/mol. The van der Waals surface area contributed by atoms with Crippen molar-refractivity contribution in [3.63, 3.8) is 0 Å². The van der Waals surface area contributed by atoms with Gasteiger partial charge < -0.3 is 139 Å². The molecule has 36 atom stereocenters. The van der Waals surface area contributed by atoms with Crippen molar-refractivity contribution in [2.75, 3.05) is 26.4 Å². The van der Waals surface area contributed by atoms with Gasteiger partial charge in [0, 0.05) is 5.92 Å². The fourth-order valence-corrected chi connectivity index (χ4v) is 18.3. The Kier molecular flexibility index (Phi) is 20.8. The van der Waals surface area contributed by atoms with Crippen LogP contribution in [0.1, 0.15) is 113 Å². The number of allylic oxidation sites excluding steroid dienone is 3. The maximum atomic E-state index is 15.2. The van der Waals surface area contributed by atoms with E-state index in [1.165, 1.54) is 13.8 Å². The maximum absolute atomic E-state index is 15.2. The van der Waals surface area contributed by atoms with Gasteiger partial charge in [-0.3, -0.25) is 4.79 Å². The summed E-state index contributed by atoms with van der Waals surface area (Å²) in [7, 11) is 0. The Morgan fingerprint density at radius 2 is 1.13 bits per heavy atom. The van der Waals surface area contributed by atoms with Crippen LogP contribution in [0.15, 0.2) is 23.8 Å². The number of rotatable bonds is 14. The summed E-state index contributed by atoms with van der Waals surface area (Å²) in [5.41, 5.74) is -0.392. The lowest BCUT2D eigenvalue weighted by Crippen LogP contribution is -2.66. The van der Waals surface area contributed by atoms with E-state index in [1.54, 1.807) is 0 Å². The highest BCUT2D eigenvalue weighted by atomic mass is 16.8. The third-order valence-electron chi connectivity index (χ3n) is 24.2. The van der Waals surface area contributed by atoms with Crippen molar-refractivity contribution >= 4 is 5.97 Å². The summed E-state index contributed by atoms with van der Waals surface area (Å²) < 4.78 is 71.3. The quantitative estimate of drug-likeness (QED) is 0.0455. The highest BCUT2D eigenvalue weighted by Crippen LogP contribution is 2.76. The minimum Gasteiger partial charge on any atom is -0.432 e. The van der Waals surface area contributed by atoms with Gasteiger partial charge in [-0.2, -0.15) is 0 Å². The van der Waals surface area contributed by atoms with Gasteiger partial charge in [0.25, 0.3) is 0 Å². The number of fused-ring (bicyclic) bond motifs is 7. The van der Waals surface area contributed by atoms with Crippen LogP contribution in [0.3, 0.4) is 0 Å². The zero-order chi connectivity index (χ0) is 66.8. The molecule has 0 spiro atoms. The minimum absolute atomic E-state index is 0.105. The Bertz CT molecular complexity index is 2620. The van der Waals surface area contributed by atoms with Gasteiger partial charge >= 0.3 is 5.97 Å². The standard InChI is InChI=1S/C63H100O29/c1-24-11-16-63(58(80)92-55-46(77)42(73)40(71)32(87-55)23-83-52-47(78)43(74)49(31(20-64)86-52)89-54-45(76)41(72)36(67)25(2)84-54)18-17-61(7)27(28(63)19-24)9-10-34-60(6)14-13-35(59(4,5)33(60)12-15-62(34,61)8)88-57-51(39(70)30(66)22-82-57)91-56-48(79)50(37(68)26(3)85-56)90-53-44(75)38(69)29(65)21-81-53/h9,25-26,28-57,64-79H,1,10-23H2,2-8H3/t25-,26-,28-,29+,30-,31+,32+,33-,34+,35-,36-,37-,38-,39-,40+,41+,42-,43+,44+,45+,46+,47+,48+,49+,50+,51+,52+,53-,54-,55-,56-,57-,60-,61+,62+,63-/m0/s1. The number of esters is 1. The Labute approximate surface area is 533 Å². The number of hydrogen-bond donors (Lipinski definition) is 16. The second-order valence-corrected chi connectivity index (χ2v) is 29.6. The summed E-state index contributed by atoms with van der Waals surface area (Å²) in [5.74, 6) is -0.722. The zero-order valence-electron chi connectivity index (χ0n) is 53.1. The molecule has 0 aromatic heterocycles. The summed E-state index contributed by atoms with van der Waals surface area (Å²) in [4.78, 5) is 15.2. The van der Waals surface area contributed by atoms with Crippen LogP contribution >= 0.6 is 0 Å². The first kappa shape index (κ1) is 71.2. The molecule has 0 unspecified atom stereocenters. The van der Waals surface area contributed by atoms with E-state index in [1.807, 2.05) is 0 Å². The number of hydrogen-bond acceptors (Lipinski definition) is 29. The lowest BCUT2D eigenvalue weighted by Gasteiger charge is -2.71. The van der Waals surface area contributed by atoms with Gasteiger partial charge in [0.05, 0.1) is 50.2 Å². The molecule has 0 aromatic rings. The van der Waals surface area contributed by atoms with Gasteiger partial charge in [0.15, 0.2) is 31.5 Å². The van der Waals surface area contributed by atoms with E-state index in [-0.39, 0.29) is 35.2 Å². The molecular weight excluding hydrogens is 1220 g/mol. The van der Waals surface area contributed by atoms with E-state index < -0.39 is 220 Å². The van der Waals surface area contributed by atoms with E-state index in [2.05, 4.69) is 47.3 Å². The minimum atomic E-state index is -1.91. The van der Waals surface area contributed by atoms with Crippen LogP contribution < -0.4 is 0 Å². The van der Waals surface area contributed by atoms with E-state index in [4.69, 9.17) is 56.8 Å². The average Bonchev–Trinajstić information content (AvgIpc) is 0.682. The number of aliphatic hydroxyl groups is 16. The third-order valence-corrected chi connectivity index (χ3v) is 24.2. The molecule has 6 heterocycles. The van der Waals surface area contributed by atoms with Gasteiger partial charge in [-0.05, 0) is 112 Å². The van der Waals surface area contributed by atoms with Crippen molar-refractivity contribution < 1.29 is 143 Å². The molecule has 29 nitrogen and oxygen atoms in total. The van der Waals surface area contributed by atoms with Crippen LogP contribution in [-0.4, -0.2) is 292 Å². The highest BCUT2D eigenvalue weighted by molar-refractivity contribution is 5.79. The van der Waals surface area contributed by atoms with Crippen molar-refractivity contribution in [3.05, 3.63) is 23.8 Å². The number of ether oxygens (including phenoxy) is 12. The number of carbonyl (C=O) groups is 1. The van der Waals surface area contributed by atoms with Gasteiger partial charge in [-0.1, -0.05) is 58.4 Å². The molecule has 5 aliphatic carbocycles. The van der Waals surface area contributed by atoms with Crippen molar-refractivity contribution in [3.8, 4) is 0 Å². The lowest BCUT2D eigenvalue weighted by molar-refractivity contribution is -0.378. The Morgan fingerprint density at radius 3 is 1.83 bits per heavy atom. The topological polar surface area (TPSA) is 452 Å². The lowest BCUT2D eigenvalue weighted by atomic mass is 9.34. The Morgan fingerprint density at radius 1 is 0.543 bits per heavy atom. The fraction of sp³-hybridized carbons (Fsp3) is 0.921. The van der Waals surface area contributed by atoms with Gasteiger partial charge in [0.1, 0.15) is 122 Å². The second-order valence-electron chi connectivity index (χ2n) is 29.6. The molecule has 0 aromatic carbocycles. The molecule has 92 heavy (non-hydrogen) atoms. The third kappa shape index (κ3) is 12.1. The molecule has 0 bridgehead atoms. The van der Waals surface area contributed by atoms with E-state index >= 15 is 4.79 Å². The summed E-state index contributed by atoms with van der Waals surface area (Å²) in [6.07, 6.45) is -36.3. The molecule has 6 saturated heterocycles. The van der Waals surface area contributed by atoms with E-state index in [0.717, 1.165) is 30.4 Å². The van der Waals surface area contributed by atoms with Gasteiger partial charge in [0.2, 0.25) is 6.29 Å². The maximum Gasteiger partial charge on any atom is 0.315 e. The molecule has 10 fully saturated rings. The average molecular weight is 1320 g/mol. The molecule has 0 radical (unpaired) electrons. The van der Waals surface area contributed by atoms with Crippen LogP contribution in [0, 0.1) is 44.8 Å². The van der Waals surface area contributed by atoms with Crippen molar-refractivity contribution in [2.24, 2.45) is 44.8 Å². The van der Waals surface area contributed by atoms with Crippen molar-refractivity contribution in [1.82, 2.24) is 0 Å². The Hall–Kier alpha value is -2.13. The van der Waals surface area contributed by atoms with Crippen LogP contribution in [0.4, 0.5) is 0 Å². The number of aliphatic hydroxyl groups excluding tert-OH is 16. The summed E-state index contributed by atoms with van der Waals surface area (Å²) in [6, 6.07) is 0. The first-order chi connectivity index (χ1) is 43.2. The van der Waals surface area contributed by atoms with E-state index in [9.17, 15) is 81.7 Å². The predicted molar refractivity (Wildman–Crippen MR) is 309 cm³/mol. The summed E-state index contributed by atoms with van der Waals surface area (Å²) in [5, 5.41) is 173. The SMILES string of the molecule is C=C1CC[C@]2(C(=O)O[C@@H]3O[C@H](CO[C@@H]4O[C@H](CO)[C@@H](O[C@@H]5O[C@@H](C)[C@H](O)[C@@H](O)[C@H]5O)[C@H](O)[C@H]4O)[C@@H](O)[C@H](O)[C@H]3O)CC[C@]3(C)C(=CC[C@@H]4[C@@]5(C)CC[C@H](O[C@@H]6OC[C@H](O)[C@H](O)[C@H]6O[C@@H]6O[C@@H](C)[C@H](O)[C@@H](O[C@@H]7OC[C@@H](O)[C@H](O)[C@H]7O)[C@H]6O)C(C)(C)[C@@H]5CC[C@]43C)[C@@H]2C1. The van der Waals surface area contributed by atoms with E-state index in [0.29, 0.717) is 44.9 Å². The molecule has 11 aliphatic rings. The fourth-order valence-electron chi connectivity index (χ4n) is 18.3. The molecule has 6 aliphatic heterocycles. The van der Waals surface area contributed by atoms with Crippen molar-refractivity contribution in [1.29, 1.82) is 0 Å². The molecule has 11 rings (SSSR count). The molecule has 4 saturated carbocycles. The Balaban J connectivity index is 0.754. The zero-order valence-corrected chi connectivity index (χ0v) is 53.1. The predicted octanol–water partition coefficient (Wildman–Crippen LogP) is -3.52. The number of carbonyl (C=O) groups excluding carboxylic acids is 1. The van der Waals surface area contributed by atoms with Crippen LogP contribution in [0.2, 0.25) is 0 Å². The highest BCUT2D eigenvalue weighted by Gasteiger charge is 2.70. The second kappa shape index (κ2) is 26.8. The molecule has 0 amide bonds. The van der Waals surface area contributed by atoms with Crippen molar-refractivity contribution in [2.45, 2.75) is 291 Å². The smallest absolute Gasteiger partial charge is 0.315 e. The summed E-state index contributed by atoms with van der Waals surface area (Å²) in [6.45, 7) is 16.6. The largest absolute Gasteiger partial charge is 0.432 e. The normalized spacial score (nSPS) is 54.6. The first-order valence-corrected chi connectivity index (χ1v) is 32.7. The summed E-state index contributed by atoms with van der Waals surface area (Å²) >= 11 is 0.